The van der Waals surface area contributed by atoms with Crippen LogP contribution in [0, 0.1) is 11.8 Å². The zero-order chi connectivity index (χ0) is 16.5. The summed E-state index contributed by atoms with van der Waals surface area (Å²) in [6, 6.07) is 0. The Kier molecular flexibility index (Phi) is 16.4. The number of rotatable bonds is 14. The lowest BCUT2D eigenvalue weighted by molar-refractivity contribution is 0.207. The van der Waals surface area contributed by atoms with Crippen LogP contribution in [0.15, 0.2) is 0 Å². The van der Waals surface area contributed by atoms with Gasteiger partial charge >= 0.3 is 0 Å². The topological polar surface area (TPSA) is 40.5 Å². The van der Waals surface area contributed by atoms with Crippen molar-refractivity contribution in [2.24, 2.45) is 0 Å². The van der Waals surface area contributed by atoms with E-state index in [4.69, 9.17) is 0 Å². The maximum Gasteiger partial charge on any atom is 0.114 e. The monoisotopic (exact) mass is 310 g/mol. The van der Waals surface area contributed by atoms with Gasteiger partial charge in [-0.1, -0.05) is 89.9 Å². The molecule has 0 rings (SSSR count). The van der Waals surface area contributed by atoms with Gasteiger partial charge in [0.2, 0.25) is 0 Å². The van der Waals surface area contributed by atoms with Gasteiger partial charge in [0, 0.05) is 0 Å². The minimum absolute atomic E-state index is 0.564. The fraction of sp³-hybridized carbons (Fsp3) is 0.900. The van der Waals surface area contributed by atoms with Gasteiger partial charge in [-0.15, -0.1) is 0 Å². The number of aliphatic hydroxyl groups is 2. The zero-order valence-corrected chi connectivity index (χ0v) is 14.9. The van der Waals surface area contributed by atoms with Crippen LogP contribution in [0.25, 0.3) is 0 Å². The second kappa shape index (κ2) is 16.8. The number of hydrogen-bond acceptors (Lipinski definition) is 2. The molecule has 0 saturated heterocycles. The van der Waals surface area contributed by atoms with Crippen LogP contribution in [-0.2, 0) is 0 Å². The molecule has 22 heavy (non-hydrogen) atoms. The summed E-state index contributed by atoms with van der Waals surface area (Å²) < 4.78 is 0. The van der Waals surface area contributed by atoms with E-state index in [-0.39, 0.29) is 0 Å². The molecule has 0 radical (unpaired) electrons. The lowest BCUT2D eigenvalue weighted by atomic mass is 10.1. The summed E-state index contributed by atoms with van der Waals surface area (Å²) in [4.78, 5) is 0. The molecule has 0 saturated carbocycles. The molecule has 0 spiro atoms. The number of hydrogen-bond donors (Lipinski definition) is 2. The van der Waals surface area contributed by atoms with E-state index >= 15 is 0 Å². The highest BCUT2D eigenvalue weighted by Gasteiger charge is 2.02. The Hall–Kier alpha value is -0.520. The molecule has 2 nitrogen and oxygen atoms in total. The van der Waals surface area contributed by atoms with Crippen LogP contribution in [0.5, 0.6) is 0 Å². The van der Waals surface area contributed by atoms with Crippen molar-refractivity contribution in [3.8, 4) is 11.8 Å². The van der Waals surface area contributed by atoms with Crippen LogP contribution >= 0.6 is 0 Å². The summed E-state index contributed by atoms with van der Waals surface area (Å²) in [7, 11) is 0. The van der Waals surface area contributed by atoms with Crippen LogP contribution in [0.1, 0.15) is 104 Å². The Morgan fingerprint density at radius 1 is 0.545 bits per heavy atom. The van der Waals surface area contributed by atoms with Gasteiger partial charge in [0.1, 0.15) is 12.2 Å². The molecule has 0 aromatic rings. The molecular formula is C20H38O2. The second-order valence-electron chi connectivity index (χ2n) is 6.43. The molecule has 0 amide bonds. The Labute approximate surface area is 138 Å². The first-order valence-electron chi connectivity index (χ1n) is 9.57. The normalized spacial score (nSPS) is 13.5. The van der Waals surface area contributed by atoms with Gasteiger partial charge in [-0.2, -0.15) is 0 Å². The first-order chi connectivity index (χ1) is 10.7. The zero-order valence-electron chi connectivity index (χ0n) is 14.9. The number of aliphatic hydroxyl groups excluding tert-OH is 2. The molecule has 2 N–H and O–H groups in total. The molecule has 0 unspecified atom stereocenters. The van der Waals surface area contributed by atoms with Crippen molar-refractivity contribution in [2.45, 2.75) is 116 Å². The third kappa shape index (κ3) is 15.9. The molecule has 0 aliphatic heterocycles. The van der Waals surface area contributed by atoms with Gasteiger partial charge in [0.25, 0.3) is 0 Å². The molecular weight excluding hydrogens is 272 g/mol. The van der Waals surface area contributed by atoms with E-state index in [0.717, 1.165) is 25.7 Å². The molecule has 2 heteroatoms. The molecule has 130 valence electrons. The average Bonchev–Trinajstić information content (AvgIpc) is 2.52. The van der Waals surface area contributed by atoms with Gasteiger partial charge in [0.15, 0.2) is 0 Å². The SMILES string of the molecule is CCCCCCCC[C@@H](O)C#C[C@H](O)CCCCCCCC. The van der Waals surface area contributed by atoms with Crippen molar-refractivity contribution in [1.82, 2.24) is 0 Å². The standard InChI is InChI=1S/C20H38O2/c1-3-5-7-9-11-13-15-19(21)17-18-20(22)16-14-12-10-8-6-4-2/h19-22H,3-16H2,1-2H3/t19-,20-/m1/s1. The summed E-state index contributed by atoms with van der Waals surface area (Å²) in [5.74, 6) is 5.60. The van der Waals surface area contributed by atoms with Gasteiger partial charge in [-0.25, -0.2) is 0 Å². The molecule has 0 aliphatic rings. The Morgan fingerprint density at radius 2 is 0.864 bits per heavy atom. The van der Waals surface area contributed by atoms with E-state index in [2.05, 4.69) is 25.7 Å². The van der Waals surface area contributed by atoms with E-state index in [9.17, 15) is 10.2 Å². The number of unbranched alkanes of at least 4 members (excludes halogenated alkanes) is 10. The Morgan fingerprint density at radius 3 is 1.23 bits per heavy atom. The first kappa shape index (κ1) is 21.5. The van der Waals surface area contributed by atoms with Crippen LogP contribution < -0.4 is 0 Å². The van der Waals surface area contributed by atoms with Crippen LogP contribution in [-0.4, -0.2) is 22.4 Å². The van der Waals surface area contributed by atoms with Crippen LogP contribution in [0.3, 0.4) is 0 Å². The predicted molar refractivity (Wildman–Crippen MR) is 95.8 cm³/mol. The lowest BCUT2D eigenvalue weighted by Gasteiger charge is -2.05. The highest BCUT2D eigenvalue weighted by Crippen LogP contribution is 2.10. The average molecular weight is 311 g/mol. The maximum absolute atomic E-state index is 9.78. The highest BCUT2D eigenvalue weighted by atomic mass is 16.3. The van der Waals surface area contributed by atoms with Crippen molar-refractivity contribution in [3.63, 3.8) is 0 Å². The van der Waals surface area contributed by atoms with Gasteiger partial charge < -0.3 is 10.2 Å². The van der Waals surface area contributed by atoms with Crippen LogP contribution in [0.2, 0.25) is 0 Å². The van der Waals surface area contributed by atoms with Gasteiger partial charge in [-0.05, 0) is 25.7 Å². The maximum atomic E-state index is 9.78. The minimum Gasteiger partial charge on any atom is -0.380 e. The quantitative estimate of drug-likeness (QED) is 0.341. The summed E-state index contributed by atoms with van der Waals surface area (Å²) in [6.07, 6.45) is 15.1. The minimum atomic E-state index is -0.564. The second-order valence-corrected chi connectivity index (χ2v) is 6.43. The summed E-state index contributed by atoms with van der Waals surface area (Å²) in [5.41, 5.74) is 0. The molecule has 0 heterocycles. The third-order valence-corrected chi connectivity index (χ3v) is 4.08. The molecule has 0 fully saturated rings. The molecule has 0 aliphatic carbocycles. The van der Waals surface area contributed by atoms with Crippen molar-refractivity contribution in [2.75, 3.05) is 0 Å². The fourth-order valence-corrected chi connectivity index (χ4v) is 2.57. The lowest BCUT2D eigenvalue weighted by Crippen LogP contribution is -2.07. The molecule has 2 atom stereocenters. The predicted octanol–water partition coefficient (Wildman–Crippen LogP) is 5.21. The van der Waals surface area contributed by atoms with Crippen molar-refractivity contribution in [3.05, 3.63) is 0 Å². The summed E-state index contributed by atoms with van der Waals surface area (Å²) >= 11 is 0. The first-order valence-corrected chi connectivity index (χ1v) is 9.57. The Balaban J connectivity index is 3.52. The van der Waals surface area contributed by atoms with Gasteiger partial charge in [-0.3, -0.25) is 0 Å². The largest absolute Gasteiger partial charge is 0.380 e. The summed E-state index contributed by atoms with van der Waals surface area (Å²) in [6.45, 7) is 4.44. The fourth-order valence-electron chi connectivity index (χ4n) is 2.57. The smallest absolute Gasteiger partial charge is 0.114 e. The van der Waals surface area contributed by atoms with Crippen LogP contribution in [0.4, 0.5) is 0 Å². The van der Waals surface area contributed by atoms with E-state index in [0.29, 0.717) is 0 Å². The van der Waals surface area contributed by atoms with Gasteiger partial charge in [0.05, 0.1) is 0 Å². The van der Waals surface area contributed by atoms with E-state index in [1.54, 1.807) is 0 Å². The van der Waals surface area contributed by atoms with Crippen molar-refractivity contribution >= 4 is 0 Å². The van der Waals surface area contributed by atoms with Crippen molar-refractivity contribution in [1.29, 1.82) is 0 Å². The highest BCUT2D eigenvalue weighted by molar-refractivity contribution is 5.08. The molecule has 0 aromatic heterocycles. The third-order valence-electron chi connectivity index (χ3n) is 4.08. The molecule has 0 aromatic carbocycles. The van der Waals surface area contributed by atoms with E-state index in [1.165, 1.54) is 64.2 Å². The van der Waals surface area contributed by atoms with Crippen molar-refractivity contribution < 1.29 is 10.2 Å². The Bertz CT molecular complexity index is 251. The van der Waals surface area contributed by atoms with E-state index < -0.39 is 12.2 Å². The summed E-state index contributed by atoms with van der Waals surface area (Å²) in [5, 5.41) is 19.6. The molecule has 0 bridgehead atoms. The van der Waals surface area contributed by atoms with E-state index in [1.807, 2.05) is 0 Å².